The molecule has 1 atom stereocenters. The summed E-state index contributed by atoms with van der Waals surface area (Å²) in [5.41, 5.74) is 1.56. The van der Waals surface area contributed by atoms with Gasteiger partial charge in [0.15, 0.2) is 11.5 Å². The minimum absolute atomic E-state index is 0.0618. The number of nitrogens with one attached hydrogen (secondary N) is 1. The molecule has 0 bridgehead atoms. The Labute approximate surface area is 176 Å². The predicted octanol–water partition coefficient (Wildman–Crippen LogP) is 5.52. The van der Waals surface area contributed by atoms with Crippen molar-refractivity contribution < 1.29 is 19.0 Å². The van der Waals surface area contributed by atoms with Crippen LogP contribution in [0.5, 0.6) is 17.2 Å². The van der Waals surface area contributed by atoms with Crippen molar-refractivity contribution in [3.05, 3.63) is 47.0 Å². The number of carbonyl (C=O) groups is 1. The number of hydrogen-bond acceptors (Lipinski definition) is 4. The molecule has 0 saturated carbocycles. The molecule has 1 N–H and O–H groups in total. The van der Waals surface area contributed by atoms with Crippen molar-refractivity contribution in [1.82, 2.24) is 4.90 Å². The first-order valence-corrected chi connectivity index (χ1v) is 10.1. The van der Waals surface area contributed by atoms with Gasteiger partial charge in [0.2, 0.25) is 5.75 Å². The summed E-state index contributed by atoms with van der Waals surface area (Å²) in [5.74, 6) is 1.46. The maximum Gasteiger partial charge on any atom is 0.322 e. The van der Waals surface area contributed by atoms with Crippen molar-refractivity contribution in [2.45, 2.75) is 31.7 Å². The third-order valence-corrected chi connectivity index (χ3v) is 5.54. The van der Waals surface area contributed by atoms with Crippen molar-refractivity contribution in [3.63, 3.8) is 0 Å². The topological polar surface area (TPSA) is 60.0 Å². The Morgan fingerprint density at radius 3 is 2.34 bits per heavy atom. The highest BCUT2D eigenvalue weighted by Crippen LogP contribution is 2.40. The third kappa shape index (κ3) is 4.70. The van der Waals surface area contributed by atoms with Crippen LogP contribution in [0.4, 0.5) is 10.5 Å². The molecule has 2 aromatic rings. The summed E-state index contributed by atoms with van der Waals surface area (Å²) in [6.45, 7) is 0.673. The third-order valence-electron chi connectivity index (χ3n) is 5.19. The molecular weight excluding hydrogens is 392 g/mol. The molecule has 2 amide bonds. The first kappa shape index (κ1) is 21.1. The molecule has 3 rings (SSSR count). The number of benzene rings is 2. The summed E-state index contributed by atoms with van der Waals surface area (Å²) in [5, 5.41) is 3.67. The van der Waals surface area contributed by atoms with Gasteiger partial charge in [-0.25, -0.2) is 4.79 Å². The molecule has 2 aromatic carbocycles. The highest BCUT2D eigenvalue weighted by atomic mass is 35.5. The Kier molecular flexibility index (Phi) is 7.09. The number of carbonyl (C=O) groups excluding carboxylic acids is 1. The fourth-order valence-electron chi connectivity index (χ4n) is 3.77. The molecule has 0 aliphatic carbocycles. The fraction of sp³-hybridized carbons (Fsp3) is 0.409. The second kappa shape index (κ2) is 9.74. The highest BCUT2D eigenvalue weighted by Gasteiger charge is 2.28. The fourth-order valence-corrected chi connectivity index (χ4v) is 4.03. The van der Waals surface area contributed by atoms with Gasteiger partial charge >= 0.3 is 6.03 Å². The van der Waals surface area contributed by atoms with Crippen LogP contribution in [0.1, 0.15) is 37.3 Å². The van der Waals surface area contributed by atoms with E-state index in [4.69, 9.17) is 25.8 Å². The lowest BCUT2D eigenvalue weighted by Crippen LogP contribution is -2.38. The summed E-state index contributed by atoms with van der Waals surface area (Å²) in [7, 11) is 4.64. The van der Waals surface area contributed by atoms with Gasteiger partial charge < -0.3 is 24.4 Å². The van der Waals surface area contributed by atoms with Gasteiger partial charge in [-0.1, -0.05) is 42.6 Å². The molecule has 1 aliphatic rings. The van der Waals surface area contributed by atoms with Crippen LogP contribution in [0.25, 0.3) is 0 Å². The number of ether oxygens (including phenoxy) is 3. The van der Waals surface area contributed by atoms with Crippen LogP contribution in [0.2, 0.25) is 5.02 Å². The predicted molar refractivity (Wildman–Crippen MR) is 114 cm³/mol. The van der Waals surface area contributed by atoms with Crippen molar-refractivity contribution in [2.75, 3.05) is 33.2 Å². The summed E-state index contributed by atoms with van der Waals surface area (Å²) in [6, 6.07) is 10.9. The average molecular weight is 419 g/mol. The normalized spacial score (nSPS) is 16.7. The van der Waals surface area contributed by atoms with E-state index in [0.717, 1.165) is 31.2 Å². The largest absolute Gasteiger partial charge is 0.493 e. The SMILES string of the molecule is COc1cc(NC(=O)N2CCCCC[C@H]2c2ccccc2Cl)cc(OC)c1OC. The first-order chi connectivity index (χ1) is 14.1. The van der Waals surface area contributed by atoms with E-state index in [9.17, 15) is 4.79 Å². The van der Waals surface area contributed by atoms with Crippen LogP contribution < -0.4 is 19.5 Å². The maximum absolute atomic E-state index is 13.2. The number of halogens is 1. The monoisotopic (exact) mass is 418 g/mol. The number of rotatable bonds is 5. The van der Waals surface area contributed by atoms with Crippen molar-refractivity contribution in [3.8, 4) is 17.2 Å². The van der Waals surface area contributed by atoms with E-state index in [1.165, 1.54) is 0 Å². The number of methoxy groups -OCH3 is 3. The number of amides is 2. The smallest absolute Gasteiger partial charge is 0.322 e. The molecule has 156 valence electrons. The second-order valence-corrected chi connectivity index (χ2v) is 7.33. The molecule has 1 heterocycles. The Bertz CT molecular complexity index is 833. The molecule has 1 fully saturated rings. The molecule has 1 aliphatic heterocycles. The summed E-state index contributed by atoms with van der Waals surface area (Å²) < 4.78 is 16.1. The van der Waals surface area contributed by atoms with Crippen LogP contribution in [-0.2, 0) is 0 Å². The average Bonchev–Trinajstić information content (AvgIpc) is 2.99. The standard InChI is InChI=1S/C22H27ClN2O4/c1-27-19-13-15(14-20(28-2)21(19)29-3)24-22(26)25-12-8-4-5-11-18(25)16-9-6-7-10-17(16)23/h6-7,9-10,13-14,18H,4-5,8,11-12H2,1-3H3,(H,24,26)/t18-/m0/s1. The van der Waals surface area contributed by atoms with Gasteiger partial charge in [-0.05, 0) is 24.5 Å². The molecule has 0 spiro atoms. The number of anilines is 1. The Morgan fingerprint density at radius 2 is 1.72 bits per heavy atom. The minimum Gasteiger partial charge on any atom is -0.493 e. The lowest BCUT2D eigenvalue weighted by atomic mass is 10.0. The van der Waals surface area contributed by atoms with Crippen LogP contribution in [-0.4, -0.2) is 38.8 Å². The minimum atomic E-state index is -0.175. The maximum atomic E-state index is 13.2. The number of urea groups is 1. The molecule has 0 radical (unpaired) electrons. The Hall–Kier alpha value is -2.60. The van der Waals surface area contributed by atoms with Crippen LogP contribution in [0, 0.1) is 0 Å². The molecular formula is C22H27ClN2O4. The summed E-state index contributed by atoms with van der Waals surface area (Å²) in [4.78, 5) is 15.1. The zero-order valence-corrected chi connectivity index (χ0v) is 17.8. The summed E-state index contributed by atoms with van der Waals surface area (Å²) in [6.07, 6.45) is 3.99. The molecule has 6 nitrogen and oxygen atoms in total. The number of hydrogen-bond donors (Lipinski definition) is 1. The van der Waals surface area contributed by atoms with Crippen LogP contribution in [0.3, 0.4) is 0 Å². The zero-order chi connectivity index (χ0) is 20.8. The Morgan fingerprint density at radius 1 is 1.03 bits per heavy atom. The van der Waals surface area contributed by atoms with Crippen molar-refractivity contribution >= 4 is 23.3 Å². The molecule has 29 heavy (non-hydrogen) atoms. The zero-order valence-electron chi connectivity index (χ0n) is 17.0. The Balaban J connectivity index is 1.89. The van der Waals surface area contributed by atoms with Gasteiger partial charge in [0.05, 0.1) is 33.1 Å². The number of likely N-dealkylation sites (tertiary alicyclic amines) is 1. The molecule has 1 saturated heterocycles. The van der Waals surface area contributed by atoms with E-state index in [2.05, 4.69) is 5.32 Å². The second-order valence-electron chi connectivity index (χ2n) is 6.92. The van der Waals surface area contributed by atoms with Crippen molar-refractivity contribution in [1.29, 1.82) is 0 Å². The van der Waals surface area contributed by atoms with E-state index in [1.54, 1.807) is 33.5 Å². The summed E-state index contributed by atoms with van der Waals surface area (Å²) >= 11 is 6.45. The van der Waals surface area contributed by atoms with Gasteiger partial charge in [-0.3, -0.25) is 0 Å². The van der Waals surface area contributed by atoms with Gasteiger partial charge in [0.25, 0.3) is 0 Å². The van der Waals surface area contributed by atoms with E-state index >= 15 is 0 Å². The quantitative estimate of drug-likeness (QED) is 0.694. The lowest BCUT2D eigenvalue weighted by Gasteiger charge is -2.31. The van der Waals surface area contributed by atoms with E-state index in [0.29, 0.717) is 34.5 Å². The van der Waals surface area contributed by atoms with E-state index in [-0.39, 0.29) is 12.1 Å². The van der Waals surface area contributed by atoms with Crippen molar-refractivity contribution in [2.24, 2.45) is 0 Å². The van der Waals surface area contributed by atoms with Crippen LogP contribution in [0.15, 0.2) is 36.4 Å². The van der Waals surface area contributed by atoms with Gasteiger partial charge in [0, 0.05) is 23.7 Å². The lowest BCUT2D eigenvalue weighted by molar-refractivity contribution is 0.189. The van der Waals surface area contributed by atoms with E-state index in [1.807, 2.05) is 29.2 Å². The van der Waals surface area contributed by atoms with Crippen LogP contribution >= 0.6 is 11.6 Å². The van der Waals surface area contributed by atoms with E-state index < -0.39 is 0 Å². The highest BCUT2D eigenvalue weighted by molar-refractivity contribution is 6.31. The molecule has 0 unspecified atom stereocenters. The van der Waals surface area contributed by atoms with Gasteiger partial charge in [0.1, 0.15) is 0 Å². The molecule has 0 aromatic heterocycles. The van der Waals surface area contributed by atoms with Gasteiger partial charge in [-0.2, -0.15) is 0 Å². The molecule has 7 heteroatoms. The first-order valence-electron chi connectivity index (χ1n) is 9.71. The van der Waals surface area contributed by atoms with Gasteiger partial charge in [-0.15, -0.1) is 0 Å². The number of nitrogens with zero attached hydrogens (tertiary/aromatic N) is 1.